The molecule has 1 aromatic rings. The second-order valence-corrected chi connectivity index (χ2v) is 5.61. The number of aryl methyl sites for hydroxylation is 1. The normalized spacial score (nSPS) is 12.4. The number of guanidine groups is 1. The van der Waals surface area contributed by atoms with Crippen LogP contribution in [0.3, 0.4) is 0 Å². The topological polar surface area (TPSA) is 59.6 Å². The van der Waals surface area contributed by atoms with Crippen LogP contribution < -0.4 is 15.8 Å². The lowest BCUT2D eigenvalue weighted by Crippen LogP contribution is -2.44. The lowest BCUT2D eigenvalue weighted by Gasteiger charge is -2.21. The Kier molecular flexibility index (Phi) is 5.21. The summed E-state index contributed by atoms with van der Waals surface area (Å²) in [6.45, 7) is 11.4. The van der Waals surface area contributed by atoms with Crippen molar-refractivity contribution in [1.29, 1.82) is 0 Å². The van der Waals surface area contributed by atoms with Crippen molar-refractivity contribution in [2.45, 2.75) is 46.7 Å². The molecule has 0 aliphatic rings. The Hall–Kier alpha value is -1.71. The van der Waals surface area contributed by atoms with Crippen LogP contribution in [0.5, 0.6) is 5.75 Å². The molecule has 1 aromatic carbocycles. The van der Waals surface area contributed by atoms with Crippen molar-refractivity contribution >= 4 is 5.96 Å². The Morgan fingerprint density at radius 2 is 2.05 bits per heavy atom. The van der Waals surface area contributed by atoms with Crippen molar-refractivity contribution in [3.05, 3.63) is 29.3 Å². The number of nitrogens with one attached hydrogen (secondary N) is 1. The fourth-order valence-electron chi connectivity index (χ4n) is 1.73. The van der Waals surface area contributed by atoms with Gasteiger partial charge in [0.25, 0.3) is 0 Å². The van der Waals surface area contributed by atoms with Gasteiger partial charge in [-0.05, 0) is 51.8 Å². The smallest absolute Gasteiger partial charge is 0.189 e. The van der Waals surface area contributed by atoms with Gasteiger partial charge in [-0.1, -0.05) is 12.1 Å². The maximum Gasteiger partial charge on any atom is 0.189 e. The summed E-state index contributed by atoms with van der Waals surface area (Å²) in [6, 6.07) is 6.09. The third kappa shape index (κ3) is 5.64. The Balaban J connectivity index is 2.68. The van der Waals surface area contributed by atoms with E-state index in [9.17, 15) is 0 Å². The number of hydrogen-bond donors (Lipinski definition) is 2. The molecule has 106 valence electrons. The standard InChI is InChI=1S/C15H25N3O/c1-6-19-13-8-7-12(9-11(13)2)10-17-14(16)18-15(3,4)5/h7-9H,6,10H2,1-5H3,(H3,16,17,18). The predicted molar refractivity (Wildman–Crippen MR) is 80.6 cm³/mol. The van der Waals surface area contributed by atoms with Gasteiger partial charge in [0.1, 0.15) is 5.75 Å². The number of aliphatic imine (C=N–C) groups is 1. The van der Waals surface area contributed by atoms with Gasteiger partial charge in [0, 0.05) is 5.54 Å². The van der Waals surface area contributed by atoms with Crippen molar-refractivity contribution in [2.24, 2.45) is 10.7 Å². The zero-order chi connectivity index (χ0) is 14.5. The third-order valence-corrected chi connectivity index (χ3v) is 2.47. The minimum Gasteiger partial charge on any atom is -0.494 e. The van der Waals surface area contributed by atoms with Gasteiger partial charge < -0.3 is 15.8 Å². The van der Waals surface area contributed by atoms with E-state index in [0.29, 0.717) is 19.1 Å². The Bertz CT molecular complexity index is 447. The number of nitrogens with zero attached hydrogens (tertiary/aromatic N) is 1. The highest BCUT2D eigenvalue weighted by molar-refractivity contribution is 5.78. The van der Waals surface area contributed by atoms with Gasteiger partial charge >= 0.3 is 0 Å². The molecule has 4 heteroatoms. The van der Waals surface area contributed by atoms with Crippen LogP contribution in [0.2, 0.25) is 0 Å². The lowest BCUT2D eigenvalue weighted by atomic mass is 10.1. The summed E-state index contributed by atoms with van der Waals surface area (Å²) < 4.78 is 5.51. The van der Waals surface area contributed by atoms with Crippen LogP contribution in [0.25, 0.3) is 0 Å². The first-order valence-corrected chi connectivity index (χ1v) is 6.62. The monoisotopic (exact) mass is 263 g/mol. The highest BCUT2D eigenvalue weighted by Crippen LogP contribution is 2.19. The Labute approximate surface area is 116 Å². The summed E-state index contributed by atoms with van der Waals surface area (Å²) in [5, 5.41) is 3.14. The van der Waals surface area contributed by atoms with Gasteiger partial charge in [-0.25, -0.2) is 4.99 Å². The number of hydrogen-bond acceptors (Lipinski definition) is 2. The summed E-state index contributed by atoms with van der Waals surface area (Å²) >= 11 is 0. The van der Waals surface area contributed by atoms with Gasteiger partial charge in [0.2, 0.25) is 0 Å². The van der Waals surface area contributed by atoms with Gasteiger partial charge in [0.15, 0.2) is 5.96 Å². The van der Waals surface area contributed by atoms with E-state index in [4.69, 9.17) is 10.5 Å². The summed E-state index contributed by atoms with van der Waals surface area (Å²) in [4.78, 5) is 4.34. The number of ether oxygens (including phenoxy) is 1. The van der Waals surface area contributed by atoms with E-state index in [-0.39, 0.29) is 5.54 Å². The molecule has 0 unspecified atom stereocenters. The third-order valence-electron chi connectivity index (χ3n) is 2.47. The van der Waals surface area contributed by atoms with Crippen molar-refractivity contribution in [3.63, 3.8) is 0 Å². The largest absolute Gasteiger partial charge is 0.494 e. The van der Waals surface area contributed by atoms with Gasteiger partial charge in [-0.2, -0.15) is 0 Å². The van der Waals surface area contributed by atoms with Crippen LogP contribution in [0.1, 0.15) is 38.8 Å². The van der Waals surface area contributed by atoms with Crippen LogP contribution in [0, 0.1) is 6.92 Å². The van der Waals surface area contributed by atoms with Crippen molar-refractivity contribution in [3.8, 4) is 5.75 Å². The van der Waals surface area contributed by atoms with Crippen LogP contribution in [0.15, 0.2) is 23.2 Å². The molecule has 0 amide bonds. The molecule has 0 spiro atoms. The van der Waals surface area contributed by atoms with Crippen molar-refractivity contribution < 1.29 is 4.74 Å². The molecule has 1 rings (SSSR count). The van der Waals surface area contributed by atoms with Gasteiger partial charge in [-0.15, -0.1) is 0 Å². The Morgan fingerprint density at radius 3 is 2.58 bits per heavy atom. The van der Waals surface area contributed by atoms with E-state index < -0.39 is 0 Å². The molecule has 19 heavy (non-hydrogen) atoms. The minimum atomic E-state index is -0.0671. The molecule has 0 saturated heterocycles. The average molecular weight is 263 g/mol. The van der Waals surface area contributed by atoms with E-state index in [1.807, 2.05) is 26.0 Å². The quantitative estimate of drug-likeness (QED) is 0.648. The fourth-order valence-corrected chi connectivity index (χ4v) is 1.73. The van der Waals surface area contributed by atoms with Crippen LogP contribution in [-0.4, -0.2) is 18.1 Å². The zero-order valence-corrected chi connectivity index (χ0v) is 12.6. The average Bonchev–Trinajstić information content (AvgIpc) is 2.27. The molecule has 0 heterocycles. The second-order valence-electron chi connectivity index (χ2n) is 5.61. The van der Waals surface area contributed by atoms with E-state index >= 15 is 0 Å². The highest BCUT2D eigenvalue weighted by atomic mass is 16.5. The second kappa shape index (κ2) is 6.45. The molecule has 0 aromatic heterocycles. The number of rotatable bonds is 4. The van der Waals surface area contributed by atoms with E-state index in [1.165, 1.54) is 0 Å². The molecule has 0 bridgehead atoms. The molecule has 3 N–H and O–H groups in total. The van der Waals surface area contributed by atoms with E-state index in [0.717, 1.165) is 16.9 Å². The number of benzene rings is 1. The maximum atomic E-state index is 5.84. The first-order chi connectivity index (χ1) is 8.81. The van der Waals surface area contributed by atoms with Crippen molar-refractivity contribution in [1.82, 2.24) is 5.32 Å². The molecular weight excluding hydrogens is 238 g/mol. The molecule has 0 aliphatic heterocycles. The minimum absolute atomic E-state index is 0.0671. The molecule has 0 aliphatic carbocycles. The molecule has 0 atom stereocenters. The summed E-state index contributed by atoms with van der Waals surface area (Å²) in [7, 11) is 0. The molecule has 4 nitrogen and oxygen atoms in total. The predicted octanol–water partition coefficient (Wildman–Crippen LogP) is 2.60. The molecule has 0 radical (unpaired) electrons. The van der Waals surface area contributed by atoms with Crippen LogP contribution in [-0.2, 0) is 6.54 Å². The first kappa shape index (κ1) is 15.3. The molecule has 0 fully saturated rings. The maximum absolute atomic E-state index is 5.84. The number of nitrogens with two attached hydrogens (primary N) is 1. The van der Waals surface area contributed by atoms with Gasteiger partial charge in [0.05, 0.1) is 13.2 Å². The van der Waals surface area contributed by atoms with E-state index in [2.05, 4.69) is 37.1 Å². The van der Waals surface area contributed by atoms with Crippen LogP contribution in [0.4, 0.5) is 0 Å². The fraction of sp³-hybridized carbons (Fsp3) is 0.533. The zero-order valence-electron chi connectivity index (χ0n) is 12.6. The summed E-state index contributed by atoms with van der Waals surface area (Å²) in [6.07, 6.45) is 0. The van der Waals surface area contributed by atoms with Crippen LogP contribution >= 0.6 is 0 Å². The SMILES string of the molecule is CCOc1ccc(CN=C(N)NC(C)(C)C)cc1C. The van der Waals surface area contributed by atoms with E-state index in [1.54, 1.807) is 0 Å². The van der Waals surface area contributed by atoms with Gasteiger partial charge in [-0.3, -0.25) is 0 Å². The van der Waals surface area contributed by atoms with Crippen molar-refractivity contribution in [2.75, 3.05) is 6.61 Å². The Morgan fingerprint density at radius 1 is 1.37 bits per heavy atom. The summed E-state index contributed by atoms with van der Waals surface area (Å²) in [5.41, 5.74) is 8.02. The highest BCUT2D eigenvalue weighted by Gasteiger charge is 2.09. The lowest BCUT2D eigenvalue weighted by molar-refractivity contribution is 0.338. The summed E-state index contributed by atoms with van der Waals surface area (Å²) in [5.74, 6) is 1.40. The first-order valence-electron chi connectivity index (χ1n) is 6.62. The molecule has 0 saturated carbocycles. The molecular formula is C15H25N3O.